The zero-order valence-electron chi connectivity index (χ0n) is 15.7. The van der Waals surface area contributed by atoms with Gasteiger partial charge in [-0.2, -0.15) is 0 Å². The Kier molecular flexibility index (Phi) is 4.61. The summed E-state index contributed by atoms with van der Waals surface area (Å²) in [6, 6.07) is 16.2. The lowest BCUT2D eigenvalue weighted by Crippen LogP contribution is -2.45. The number of para-hydroxylation sites is 1. The maximum Gasteiger partial charge on any atom is 0.338 e. The Bertz CT molecular complexity index is 1080. The van der Waals surface area contributed by atoms with Gasteiger partial charge in [-0.15, -0.1) is 0 Å². The Morgan fingerprint density at radius 3 is 2.54 bits per heavy atom. The highest BCUT2D eigenvalue weighted by Crippen LogP contribution is 2.37. The maximum atomic E-state index is 13.0. The highest BCUT2D eigenvalue weighted by molar-refractivity contribution is 6.05. The first kappa shape index (κ1) is 17.9. The zero-order chi connectivity index (χ0) is 19.7. The molecule has 0 aliphatic carbocycles. The summed E-state index contributed by atoms with van der Waals surface area (Å²) in [7, 11) is 0. The van der Waals surface area contributed by atoms with Gasteiger partial charge in [-0.25, -0.2) is 9.59 Å². The van der Waals surface area contributed by atoms with Gasteiger partial charge in [-0.05, 0) is 25.5 Å². The number of fused-ring (bicyclic) bond motifs is 1. The van der Waals surface area contributed by atoms with Crippen molar-refractivity contribution in [2.45, 2.75) is 19.9 Å². The van der Waals surface area contributed by atoms with Crippen LogP contribution in [0.2, 0.25) is 0 Å². The highest BCUT2D eigenvalue weighted by Gasteiger charge is 2.36. The molecule has 1 unspecified atom stereocenters. The van der Waals surface area contributed by atoms with Gasteiger partial charge in [-0.1, -0.05) is 48.5 Å². The lowest BCUT2D eigenvalue weighted by atomic mass is 9.91. The molecule has 4 rings (SSSR count). The fourth-order valence-electron chi connectivity index (χ4n) is 3.71. The molecule has 0 bridgehead atoms. The standard InChI is InChI=1S/C22H21N3O3/c1-3-28-21(26)18-19(14-9-5-4-6-10-14)24-22(27)25-20(18)17-13(2)23-16-12-8-7-11-15(16)17/h4-12,20,23H,3H2,1-2H3,(H2,24,25,27). The Labute approximate surface area is 162 Å². The van der Waals surface area contributed by atoms with E-state index in [1.807, 2.05) is 61.5 Å². The number of aromatic nitrogens is 1. The molecule has 3 N–H and O–H groups in total. The maximum absolute atomic E-state index is 13.0. The first-order valence-electron chi connectivity index (χ1n) is 9.21. The molecule has 1 atom stereocenters. The van der Waals surface area contributed by atoms with Crippen LogP contribution in [0.4, 0.5) is 4.79 Å². The van der Waals surface area contributed by atoms with E-state index in [0.29, 0.717) is 11.3 Å². The van der Waals surface area contributed by atoms with Gasteiger partial charge in [0.2, 0.25) is 0 Å². The number of amides is 2. The molecular formula is C22H21N3O3. The van der Waals surface area contributed by atoms with E-state index in [9.17, 15) is 9.59 Å². The number of H-pyrrole nitrogens is 1. The van der Waals surface area contributed by atoms with Crippen LogP contribution in [0, 0.1) is 6.92 Å². The molecule has 0 spiro atoms. The molecule has 6 heteroatoms. The lowest BCUT2D eigenvalue weighted by molar-refractivity contribution is -0.138. The van der Waals surface area contributed by atoms with Crippen molar-refractivity contribution in [3.05, 3.63) is 77.0 Å². The van der Waals surface area contributed by atoms with E-state index < -0.39 is 12.0 Å². The van der Waals surface area contributed by atoms with Crippen molar-refractivity contribution in [3.63, 3.8) is 0 Å². The van der Waals surface area contributed by atoms with Crippen molar-refractivity contribution in [1.29, 1.82) is 0 Å². The second-order valence-corrected chi connectivity index (χ2v) is 6.62. The van der Waals surface area contributed by atoms with Gasteiger partial charge in [0.15, 0.2) is 0 Å². The molecule has 1 aromatic heterocycles. The van der Waals surface area contributed by atoms with E-state index in [2.05, 4.69) is 15.6 Å². The van der Waals surface area contributed by atoms with Crippen LogP contribution in [-0.2, 0) is 9.53 Å². The van der Waals surface area contributed by atoms with Gasteiger partial charge in [0, 0.05) is 22.2 Å². The van der Waals surface area contributed by atoms with Crippen LogP contribution in [-0.4, -0.2) is 23.6 Å². The van der Waals surface area contributed by atoms with Crippen LogP contribution >= 0.6 is 0 Å². The predicted octanol–water partition coefficient (Wildman–Crippen LogP) is 3.80. The van der Waals surface area contributed by atoms with Crippen molar-refractivity contribution in [2.24, 2.45) is 0 Å². The Hall–Kier alpha value is -3.54. The average Bonchev–Trinajstić information content (AvgIpc) is 3.03. The van der Waals surface area contributed by atoms with E-state index in [1.165, 1.54) is 0 Å². The molecule has 2 heterocycles. The number of carbonyl (C=O) groups excluding carboxylic acids is 2. The Morgan fingerprint density at radius 2 is 1.79 bits per heavy atom. The second-order valence-electron chi connectivity index (χ2n) is 6.62. The number of rotatable bonds is 4. The second kappa shape index (κ2) is 7.23. The summed E-state index contributed by atoms with van der Waals surface area (Å²) in [5, 5.41) is 6.67. The van der Waals surface area contributed by atoms with Crippen LogP contribution in [0.1, 0.15) is 29.8 Å². The number of aromatic amines is 1. The van der Waals surface area contributed by atoms with E-state index >= 15 is 0 Å². The molecule has 2 amide bonds. The summed E-state index contributed by atoms with van der Waals surface area (Å²) in [6.45, 7) is 3.95. The molecule has 0 saturated carbocycles. The molecule has 3 aromatic rings. The minimum absolute atomic E-state index is 0.248. The van der Waals surface area contributed by atoms with Crippen molar-refractivity contribution < 1.29 is 14.3 Å². The predicted molar refractivity (Wildman–Crippen MR) is 107 cm³/mol. The minimum Gasteiger partial charge on any atom is -0.463 e. The van der Waals surface area contributed by atoms with Crippen molar-refractivity contribution >= 4 is 28.6 Å². The van der Waals surface area contributed by atoms with Gasteiger partial charge in [0.25, 0.3) is 0 Å². The quantitative estimate of drug-likeness (QED) is 0.607. The number of carbonyl (C=O) groups is 2. The zero-order valence-corrected chi connectivity index (χ0v) is 15.7. The van der Waals surface area contributed by atoms with Crippen molar-refractivity contribution in [2.75, 3.05) is 6.61 Å². The van der Waals surface area contributed by atoms with Gasteiger partial charge in [0.1, 0.15) is 0 Å². The molecule has 0 radical (unpaired) electrons. The number of hydrogen-bond donors (Lipinski definition) is 3. The average molecular weight is 375 g/mol. The Morgan fingerprint density at radius 1 is 1.07 bits per heavy atom. The monoisotopic (exact) mass is 375 g/mol. The summed E-state index contributed by atoms with van der Waals surface area (Å²) in [5.74, 6) is -0.455. The van der Waals surface area contributed by atoms with Crippen molar-refractivity contribution in [3.8, 4) is 0 Å². The molecular weight excluding hydrogens is 354 g/mol. The fraction of sp³-hybridized carbons (Fsp3) is 0.182. The number of aryl methyl sites for hydroxylation is 1. The van der Waals surface area contributed by atoms with E-state index in [0.717, 1.165) is 27.7 Å². The van der Waals surface area contributed by atoms with Gasteiger partial charge in [-0.3, -0.25) is 0 Å². The fourth-order valence-corrected chi connectivity index (χ4v) is 3.71. The molecule has 0 fully saturated rings. The summed E-state index contributed by atoms with van der Waals surface area (Å²) in [5.41, 5.74) is 4.32. The summed E-state index contributed by atoms with van der Waals surface area (Å²) >= 11 is 0. The number of esters is 1. The van der Waals surface area contributed by atoms with Crippen molar-refractivity contribution in [1.82, 2.24) is 15.6 Å². The Balaban J connectivity index is 1.97. The molecule has 6 nitrogen and oxygen atoms in total. The number of ether oxygens (including phenoxy) is 1. The van der Waals surface area contributed by atoms with Gasteiger partial charge < -0.3 is 20.4 Å². The van der Waals surface area contributed by atoms with Crippen LogP contribution in [0.5, 0.6) is 0 Å². The third-order valence-corrected chi connectivity index (χ3v) is 4.86. The topological polar surface area (TPSA) is 83.2 Å². The minimum atomic E-state index is -0.626. The molecule has 2 aromatic carbocycles. The van der Waals surface area contributed by atoms with Crippen LogP contribution in [0.25, 0.3) is 16.6 Å². The first-order valence-corrected chi connectivity index (χ1v) is 9.21. The molecule has 0 saturated heterocycles. The first-order chi connectivity index (χ1) is 13.6. The number of nitrogens with one attached hydrogen (secondary N) is 3. The normalized spacial score (nSPS) is 16.6. The summed E-state index contributed by atoms with van der Waals surface area (Å²) in [6.07, 6.45) is 0. The SMILES string of the molecule is CCOC(=O)C1=C(c2ccccc2)NC(=O)NC1c1c(C)[nH]c2ccccc12. The van der Waals surface area contributed by atoms with E-state index in [-0.39, 0.29) is 12.6 Å². The van der Waals surface area contributed by atoms with Gasteiger partial charge in [0.05, 0.1) is 23.9 Å². The number of benzene rings is 2. The molecule has 1 aliphatic rings. The van der Waals surface area contributed by atoms with E-state index in [4.69, 9.17) is 4.74 Å². The van der Waals surface area contributed by atoms with E-state index in [1.54, 1.807) is 6.92 Å². The van der Waals surface area contributed by atoms with Gasteiger partial charge >= 0.3 is 12.0 Å². The molecule has 142 valence electrons. The lowest BCUT2D eigenvalue weighted by Gasteiger charge is -2.29. The summed E-state index contributed by atoms with van der Waals surface area (Å²) in [4.78, 5) is 28.8. The van der Waals surface area contributed by atoms with Crippen LogP contribution < -0.4 is 10.6 Å². The van der Waals surface area contributed by atoms with Crippen LogP contribution in [0.15, 0.2) is 60.2 Å². The van der Waals surface area contributed by atoms with Crippen LogP contribution in [0.3, 0.4) is 0 Å². The number of urea groups is 1. The molecule has 1 aliphatic heterocycles. The highest BCUT2D eigenvalue weighted by atomic mass is 16.5. The summed E-state index contributed by atoms with van der Waals surface area (Å²) < 4.78 is 5.35. The number of hydrogen-bond acceptors (Lipinski definition) is 3. The molecule has 28 heavy (non-hydrogen) atoms. The largest absolute Gasteiger partial charge is 0.463 e. The third kappa shape index (κ3) is 3.03. The smallest absolute Gasteiger partial charge is 0.338 e. The third-order valence-electron chi connectivity index (χ3n) is 4.86.